The Labute approximate surface area is 153 Å². The minimum atomic E-state index is -0.314. The van der Waals surface area contributed by atoms with Gasteiger partial charge in [0.2, 0.25) is 0 Å². The van der Waals surface area contributed by atoms with Crippen molar-refractivity contribution in [3.63, 3.8) is 0 Å². The maximum absolute atomic E-state index is 12.7. The van der Waals surface area contributed by atoms with Crippen LogP contribution in [0.25, 0.3) is 0 Å². The van der Waals surface area contributed by atoms with E-state index >= 15 is 0 Å². The Hall–Kier alpha value is -2.73. The highest BCUT2D eigenvalue weighted by Gasteiger charge is 2.21. The van der Waals surface area contributed by atoms with Crippen LogP contribution in [0.15, 0.2) is 36.4 Å². The first-order valence-electron chi connectivity index (χ1n) is 8.84. The largest absolute Gasteiger partial charge is 0.378 e. The summed E-state index contributed by atoms with van der Waals surface area (Å²) in [6.45, 7) is 6.14. The van der Waals surface area contributed by atoms with Crippen LogP contribution in [0.1, 0.15) is 39.0 Å². The van der Waals surface area contributed by atoms with Crippen LogP contribution in [0.3, 0.4) is 0 Å². The van der Waals surface area contributed by atoms with Gasteiger partial charge in [0.05, 0.1) is 13.2 Å². The molecule has 0 aliphatic carbocycles. The number of para-hydroxylation sites is 1. The number of hydrogen-bond acceptors (Lipinski definition) is 4. The number of aromatic nitrogens is 1. The third kappa shape index (κ3) is 3.91. The quantitative estimate of drug-likeness (QED) is 0.917. The second-order valence-electron chi connectivity index (χ2n) is 6.23. The van der Waals surface area contributed by atoms with E-state index in [1.165, 1.54) is 0 Å². The predicted molar refractivity (Wildman–Crippen MR) is 99.5 cm³/mol. The SMILES string of the molecule is CCc1cccc(C)c1NC(=O)c1cccc(C(=O)N2CCOCC2)n1. The van der Waals surface area contributed by atoms with Crippen molar-refractivity contribution in [3.8, 4) is 0 Å². The molecule has 0 unspecified atom stereocenters. The molecule has 0 radical (unpaired) electrons. The lowest BCUT2D eigenvalue weighted by molar-refractivity contribution is 0.0299. The number of morpholine rings is 1. The van der Waals surface area contributed by atoms with Gasteiger partial charge in [0.1, 0.15) is 11.4 Å². The fraction of sp³-hybridized carbons (Fsp3) is 0.350. The third-order valence-electron chi connectivity index (χ3n) is 4.48. The maximum atomic E-state index is 12.7. The maximum Gasteiger partial charge on any atom is 0.274 e. The molecule has 26 heavy (non-hydrogen) atoms. The normalized spacial score (nSPS) is 14.2. The molecule has 0 atom stereocenters. The second kappa shape index (κ2) is 8.10. The molecule has 0 spiro atoms. The Bertz CT molecular complexity index is 814. The van der Waals surface area contributed by atoms with Gasteiger partial charge in [0.15, 0.2) is 0 Å². The molecular formula is C20H23N3O3. The summed E-state index contributed by atoms with van der Waals surface area (Å²) >= 11 is 0. The zero-order valence-electron chi connectivity index (χ0n) is 15.1. The van der Waals surface area contributed by atoms with Crippen LogP contribution in [0, 0.1) is 6.92 Å². The van der Waals surface area contributed by atoms with Crippen LogP contribution < -0.4 is 5.32 Å². The molecule has 6 heteroatoms. The highest BCUT2D eigenvalue weighted by molar-refractivity contribution is 6.04. The zero-order chi connectivity index (χ0) is 18.5. The van der Waals surface area contributed by atoms with Crippen molar-refractivity contribution < 1.29 is 14.3 Å². The van der Waals surface area contributed by atoms with Crippen molar-refractivity contribution in [2.45, 2.75) is 20.3 Å². The van der Waals surface area contributed by atoms with Crippen molar-refractivity contribution in [3.05, 3.63) is 58.9 Å². The molecule has 1 aromatic heterocycles. The molecule has 1 fully saturated rings. The highest BCUT2D eigenvalue weighted by Crippen LogP contribution is 2.21. The molecular weight excluding hydrogens is 330 g/mol. The lowest BCUT2D eigenvalue weighted by Crippen LogP contribution is -2.41. The summed E-state index contributed by atoms with van der Waals surface area (Å²) < 4.78 is 5.27. The predicted octanol–water partition coefficient (Wildman–Crippen LogP) is 2.68. The molecule has 6 nitrogen and oxygen atoms in total. The van der Waals surface area contributed by atoms with Gasteiger partial charge in [-0.25, -0.2) is 4.98 Å². The lowest BCUT2D eigenvalue weighted by atomic mass is 10.1. The van der Waals surface area contributed by atoms with Crippen LogP contribution in [0.5, 0.6) is 0 Å². The van der Waals surface area contributed by atoms with E-state index in [-0.39, 0.29) is 23.2 Å². The molecule has 1 N–H and O–H groups in total. The van der Waals surface area contributed by atoms with E-state index < -0.39 is 0 Å². The third-order valence-corrected chi connectivity index (χ3v) is 4.48. The molecule has 136 valence electrons. The smallest absolute Gasteiger partial charge is 0.274 e. The number of nitrogens with one attached hydrogen (secondary N) is 1. The van der Waals surface area contributed by atoms with Gasteiger partial charge < -0.3 is 15.0 Å². The molecule has 1 saturated heterocycles. The minimum absolute atomic E-state index is 0.173. The summed E-state index contributed by atoms with van der Waals surface area (Å²) in [5.41, 5.74) is 3.39. The van der Waals surface area contributed by atoms with Crippen molar-refractivity contribution in [2.75, 3.05) is 31.6 Å². The van der Waals surface area contributed by atoms with Crippen molar-refractivity contribution in [2.24, 2.45) is 0 Å². The van der Waals surface area contributed by atoms with E-state index in [2.05, 4.69) is 10.3 Å². The summed E-state index contributed by atoms with van der Waals surface area (Å²) in [5.74, 6) is -0.487. The van der Waals surface area contributed by atoms with E-state index in [4.69, 9.17) is 4.74 Å². The summed E-state index contributed by atoms with van der Waals surface area (Å²) in [5, 5.41) is 2.95. The van der Waals surface area contributed by atoms with E-state index in [9.17, 15) is 9.59 Å². The number of carbonyl (C=O) groups is 2. The topological polar surface area (TPSA) is 71.5 Å². The molecule has 2 amide bonds. The van der Waals surface area contributed by atoms with Crippen LogP contribution in [0.2, 0.25) is 0 Å². The van der Waals surface area contributed by atoms with Crippen LogP contribution in [-0.2, 0) is 11.2 Å². The van der Waals surface area contributed by atoms with Gasteiger partial charge in [0.25, 0.3) is 11.8 Å². The van der Waals surface area contributed by atoms with Gasteiger partial charge in [0, 0.05) is 18.8 Å². The van der Waals surface area contributed by atoms with Gasteiger partial charge in [-0.05, 0) is 36.6 Å². The highest BCUT2D eigenvalue weighted by atomic mass is 16.5. The second-order valence-corrected chi connectivity index (χ2v) is 6.23. The first kappa shape index (κ1) is 18.1. The number of pyridine rings is 1. The average Bonchev–Trinajstić information content (AvgIpc) is 2.69. The van der Waals surface area contributed by atoms with Crippen molar-refractivity contribution in [1.29, 1.82) is 0 Å². The minimum Gasteiger partial charge on any atom is -0.378 e. The number of nitrogens with zero attached hydrogens (tertiary/aromatic N) is 2. The van der Waals surface area contributed by atoms with Crippen LogP contribution in [0.4, 0.5) is 5.69 Å². The number of aryl methyl sites for hydroxylation is 2. The van der Waals surface area contributed by atoms with E-state index in [0.29, 0.717) is 26.3 Å². The van der Waals surface area contributed by atoms with Gasteiger partial charge in [-0.3, -0.25) is 9.59 Å². The molecule has 1 aliphatic rings. The van der Waals surface area contributed by atoms with E-state index in [1.807, 2.05) is 32.0 Å². The van der Waals surface area contributed by atoms with Gasteiger partial charge in [-0.15, -0.1) is 0 Å². The molecule has 1 aromatic carbocycles. The lowest BCUT2D eigenvalue weighted by Gasteiger charge is -2.26. The summed E-state index contributed by atoms with van der Waals surface area (Å²) in [7, 11) is 0. The fourth-order valence-electron chi connectivity index (χ4n) is 2.99. The fourth-order valence-corrected chi connectivity index (χ4v) is 2.99. The van der Waals surface area contributed by atoms with Crippen LogP contribution in [-0.4, -0.2) is 48.0 Å². The standard InChI is InChI=1S/C20H23N3O3/c1-3-15-7-4-6-14(2)18(15)22-19(24)16-8-5-9-17(21-16)20(25)23-10-12-26-13-11-23/h4-9H,3,10-13H2,1-2H3,(H,22,24). The molecule has 1 aliphatic heterocycles. The monoisotopic (exact) mass is 353 g/mol. The first-order chi connectivity index (χ1) is 12.6. The van der Waals surface area contributed by atoms with Crippen LogP contribution >= 0.6 is 0 Å². The Morgan fingerprint density at radius 1 is 1.12 bits per heavy atom. The Balaban J connectivity index is 1.79. The number of amides is 2. The van der Waals surface area contributed by atoms with E-state index in [0.717, 1.165) is 23.2 Å². The Kier molecular flexibility index (Phi) is 5.63. The number of hydrogen-bond donors (Lipinski definition) is 1. The molecule has 0 saturated carbocycles. The van der Waals surface area contributed by atoms with Gasteiger partial charge in [-0.1, -0.05) is 31.2 Å². The number of anilines is 1. The van der Waals surface area contributed by atoms with Gasteiger partial charge in [-0.2, -0.15) is 0 Å². The van der Waals surface area contributed by atoms with Crippen molar-refractivity contribution in [1.82, 2.24) is 9.88 Å². The molecule has 2 heterocycles. The molecule has 3 rings (SSSR count). The number of carbonyl (C=O) groups excluding carboxylic acids is 2. The summed E-state index contributed by atoms with van der Waals surface area (Å²) in [6.07, 6.45) is 0.820. The molecule has 0 bridgehead atoms. The summed E-state index contributed by atoms with van der Waals surface area (Å²) in [6, 6.07) is 10.9. The van der Waals surface area contributed by atoms with E-state index in [1.54, 1.807) is 23.1 Å². The van der Waals surface area contributed by atoms with Crippen molar-refractivity contribution >= 4 is 17.5 Å². The Morgan fingerprint density at radius 2 is 1.81 bits per heavy atom. The number of rotatable bonds is 4. The number of benzene rings is 1. The average molecular weight is 353 g/mol. The number of ether oxygens (including phenoxy) is 1. The molecule has 2 aromatic rings. The van der Waals surface area contributed by atoms with Gasteiger partial charge >= 0.3 is 0 Å². The zero-order valence-corrected chi connectivity index (χ0v) is 15.1. The summed E-state index contributed by atoms with van der Waals surface area (Å²) in [4.78, 5) is 31.2. The Morgan fingerprint density at radius 3 is 2.54 bits per heavy atom. The first-order valence-corrected chi connectivity index (χ1v) is 8.84.